The van der Waals surface area contributed by atoms with E-state index in [1.54, 1.807) is 0 Å². The van der Waals surface area contributed by atoms with Crippen molar-refractivity contribution in [3.8, 4) is 0 Å². The van der Waals surface area contributed by atoms with Crippen molar-refractivity contribution in [1.29, 1.82) is 0 Å². The van der Waals surface area contributed by atoms with Crippen LogP contribution >= 0.6 is 0 Å². The molecule has 2 aromatic rings. The Kier molecular flexibility index (Phi) is 3.88. The minimum atomic E-state index is 0.195. The molecule has 1 aromatic heterocycles. The monoisotopic (exact) mass is 269 g/mol. The van der Waals surface area contributed by atoms with Crippen molar-refractivity contribution in [2.75, 3.05) is 6.54 Å². The second kappa shape index (κ2) is 5.80. The first kappa shape index (κ1) is 13.4. The van der Waals surface area contributed by atoms with Gasteiger partial charge in [-0.15, -0.1) is 0 Å². The predicted octanol–water partition coefficient (Wildman–Crippen LogP) is 3.09. The Balaban J connectivity index is 1.98. The third-order valence-corrected chi connectivity index (χ3v) is 4.21. The maximum atomic E-state index is 4.58. The van der Waals surface area contributed by atoms with Gasteiger partial charge in [-0.05, 0) is 49.4 Å². The number of hydrogen-bond acceptors (Lipinski definition) is 2. The van der Waals surface area contributed by atoms with Gasteiger partial charge in [0.1, 0.15) is 5.82 Å². The van der Waals surface area contributed by atoms with Crippen molar-refractivity contribution in [2.24, 2.45) is 0 Å². The summed E-state index contributed by atoms with van der Waals surface area (Å²) in [4.78, 5) is 4.58. The third kappa shape index (κ3) is 2.38. The fraction of sp³-hybridized carbons (Fsp3) is 0.471. The van der Waals surface area contributed by atoms with Crippen LogP contribution in [-0.4, -0.2) is 16.1 Å². The molecule has 1 heterocycles. The van der Waals surface area contributed by atoms with Crippen LogP contribution in [-0.2, 0) is 19.4 Å². The number of nitrogens with zero attached hydrogens (tertiary/aromatic N) is 2. The molecule has 20 heavy (non-hydrogen) atoms. The van der Waals surface area contributed by atoms with Crippen LogP contribution in [0.3, 0.4) is 0 Å². The lowest BCUT2D eigenvalue weighted by Gasteiger charge is -2.20. The van der Waals surface area contributed by atoms with E-state index < -0.39 is 0 Å². The molecule has 0 saturated heterocycles. The fourth-order valence-electron chi connectivity index (χ4n) is 3.18. The molecule has 0 spiro atoms. The van der Waals surface area contributed by atoms with Gasteiger partial charge in [0.2, 0.25) is 0 Å². The summed E-state index contributed by atoms with van der Waals surface area (Å²) >= 11 is 0. The SMILES string of the molecule is CCNC(c1ccc2c(c1)CCC2)c1nccn1CC. The molecular formula is C17H23N3. The van der Waals surface area contributed by atoms with Crippen LogP contribution in [0.2, 0.25) is 0 Å². The molecule has 0 fully saturated rings. The highest BCUT2D eigenvalue weighted by Crippen LogP contribution is 2.28. The first-order valence-corrected chi connectivity index (χ1v) is 7.69. The molecule has 0 bridgehead atoms. The normalized spacial score (nSPS) is 15.3. The second-order valence-electron chi connectivity index (χ2n) is 5.44. The summed E-state index contributed by atoms with van der Waals surface area (Å²) in [6.45, 7) is 6.22. The van der Waals surface area contributed by atoms with Gasteiger partial charge in [0.15, 0.2) is 0 Å². The second-order valence-corrected chi connectivity index (χ2v) is 5.44. The number of aromatic nitrogens is 2. The minimum absolute atomic E-state index is 0.195. The van der Waals surface area contributed by atoms with E-state index in [-0.39, 0.29) is 6.04 Å². The van der Waals surface area contributed by atoms with Gasteiger partial charge >= 0.3 is 0 Å². The molecule has 106 valence electrons. The van der Waals surface area contributed by atoms with Gasteiger partial charge in [0.25, 0.3) is 0 Å². The van der Waals surface area contributed by atoms with E-state index in [1.807, 2.05) is 6.20 Å². The van der Waals surface area contributed by atoms with E-state index in [1.165, 1.54) is 36.0 Å². The highest BCUT2D eigenvalue weighted by molar-refractivity contribution is 5.38. The van der Waals surface area contributed by atoms with Crippen LogP contribution in [0.1, 0.15) is 48.8 Å². The maximum Gasteiger partial charge on any atom is 0.130 e. The zero-order valence-electron chi connectivity index (χ0n) is 12.4. The number of hydrogen-bond donors (Lipinski definition) is 1. The average molecular weight is 269 g/mol. The summed E-state index contributed by atoms with van der Waals surface area (Å²) < 4.78 is 2.22. The van der Waals surface area contributed by atoms with Gasteiger partial charge in [-0.3, -0.25) is 0 Å². The Hall–Kier alpha value is -1.61. The Morgan fingerprint density at radius 2 is 2.10 bits per heavy atom. The topological polar surface area (TPSA) is 29.9 Å². The van der Waals surface area contributed by atoms with Crippen molar-refractivity contribution in [2.45, 2.75) is 45.7 Å². The molecule has 1 aromatic carbocycles. The van der Waals surface area contributed by atoms with Crippen LogP contribution in [0.25, 0.3) is 0 Å². The van der Waals surface area contributed by atoms with Crippen LogP contribution in [0.15, 0.2) is 30.6 Å². The number of benzene rings is 1. The van der Waals surface area contributed by atoms with Crippen molar-refractivity contribution in [1.82, 2.24) is 14.9 Å². The van der Waals surface area contributed by atoms with Crippen molar-refractivity contribution in [3.05, 3.63) is 53.1 Å². The maximum absolute atomic E-state index is 4.58. The minimum Gasteiger partial charge on any atom is -0.334 e. The van der Waals surface area contributed by atoms with Crippen LogP contribution in [0.4, 0.5) is 0 Å². The van der Waals surface area contributed by atoms with E-state index in [4.69, 9.17) is 0 Å². The van der Waals surface area contributed by atoms with Gasteiger partial charge in [-0.25, -0.2) is 4.98 Å². The molecule has 1 aliphatic carbocycles. The molecule has 1 N–H and O–H groups in total. The largest absolute Gasteiger partial charge is 0.334 e. The van der Waals surface area contributed by atoms with Crippen molar-refractivity contribution in [3.63, 3.8) is 0 Å². The summed E-state index contributed by atoms with van der Waals surface area (Å²) in [5.41, 5.74) is 4.40. The number of rotatable bonds is 5. The lowest BCUT2D eigenvalue weighted by Crippen LogP contribution is -2.25. The first-order valence-electron chi connectivity index (χ1n) is 7.69. The quantitative estimate of drug-likeness (QED) is 0.904. The lowest BCUT2D eigenvalue weighted by atomic mass is 10.0. The fourth-order valence-corrected chi connectivity index (χ4v) is 3.18. The molecule has 0 aliphatic heterocycles. The first-order chi connectivity index (χ1) is 9.83. The van der Waals surface area contributed by atoms with E-state index in [9.17, 15) is 0 Å². The van der Waals surface area contributed by atoms with Crippen LogP contribution in [0, 0.1) is 0 Å². The van der Waals surface area contributed by atoms with Crippen molar-refractivity contribution < 1.29 is 0 Å². The zero-order chi connectivity index (χ0) is 13.9. The predicted molar refractivity (Wildman–Crippen MR) is 81.9 cm³/mol. The number of imidazole rings is 1. The highest BCUT2D eigenvalue weighted by atomic mass is 15.1. The van der Waals surface area contributed by atoms with Crippen LogP contribution < -0.4 is 5.32 Å². The molecule has 0 amide bonds. The van der Waals surface area contributed by atoms with Gasteiger partial charge in [0, 0.05) is 18.9 Å². The Morgan fingerprint density at radius 1 is 1.25 bits per heavy atom. The Bertz CT molecular complexity index is 586. The standard InChI is InChI=1S/C17H23N3/c1-3-18-16(17-19-10-11-20(17)4-2)15-9-8-13-6-5-7-14(13)12-15/h8-12,16,18H,3-7H2,1-2H3. The highest BCUT2D eigenvalue weighted by Gasteiger charge is 2.20. The molecule has 3 heteroatoms. The van der Waals surface area contributed by atoms with Crippen LogP contribution in [0.5, 0.6) is 0 Å². The molecule has 3 nitrogen and oxygen atoms in total. The molecule has 1 unspecified atom stereocenters. The van der Waals surface area contributed by atoms with E-state index >= 15 is 0 Å². The summed E-state index contributed by atoms with van der Waals surface area (Å²) in [7, 11) is 0. The Morgan fingerprint density at radius 3 is 2.90 bits per heavy atom. The van der Waals surface area contributed by atoms with Gasteiger partial charge in [0.05, 0.1) is 6.04 Å². The molecule has 0 radical (unpaired) electrons. The molecule has 1 atom stereocenters. The summed E-state index contributed by atoms with van der Waals surface area (Å²) in [5.74, 6) is 1.12. The van der Waals surface area contributed by atoms with E-state index in [2.05, 4.69) is 53.1 Å². The molecular weight excluding hydrogens is 246 g/mol. The smallest absolute Gasteiger partial charge is 0.130 e. The van der Waals surface area contributed by atoms with E-state index in [0.717, 1.165) is 18.9 Å². The molecule has 1 aliphatic rings. The molecule has 0 saturated carbocycles. The number of aryl methyl sites for hydroxylation is 3. The zero-order valence-corrected chi connectivity index (χ0v) is 12.4. The summed E-state index contributed by atoms with van der Waals surface area (Å²) in [6.07, 6.45) is 7.73. The number of nitrogens with one attached hydrogen (secondary N) is 1. The summed E-state index contributed by atoms with van der Waals surface area (Å²) in [5, 5.41) is 3.58. The average Bonchev–Trinajstić information content (AvgIpc) is 3.12. The Labute approximate surface area is 121 Å². The van der Waals surface area contributed by atoms with Gasteiger partial charge in [-0.1, -0.05) is 25.1 Å². The lowest BCUT2D eigenvalue weighted by molar-refractivity contribution is 0.558. The van der Waals surface area contributed by atoms with Gasteiger partial charge < -0.3 is 9.88 Å². The number of fused-ring (bicyclic) bond motifs is 1. The van der Waals surface area contributed by atoms with E-state index in [0.29, 0.717) is 0 Å². The summed E-state index contributed by atoms with van der Waals surface area (Å²) in [6, 6.07) is 7.15. The van der Waals surface area contributed by atoms with Gasteiger partial charge in [-0.2, -0.15) is 0 Å². The molecule has 3 rings (SSSR count). The third-order valence-electron chi connectivity index (χ3n) is 4.21. The van der Waals surface area contributed by atoms with Crippen molar-refractivity contribution >= 4 is 0 Å².